The van der Waals surface area contributed by atoms with Crippen molar-refractivity contribution in [1.82, 2.24) is 4.31 Å². The summed E-state index contributed by atoms with van der Waals surface area (Å²) in [5.41, 5.74) is 0.723. The Bertz CT molecular complexity index is 615. The van der Waals surface area contributed by atoms with E-state index in [0.29, 0.717) is 26.3 Å². The van der Waals surface area contributed by atoms with Gasteiger partial charge in [0.2, 0.25) is 10.0 Å². The largest absolute Gasteiger partial charge is 0.466 e. The third-order valence-corrected chi connectivity index (χ3v) is 5.01. The van der Waals surface area contributed by atoms with E-state index in [0.717, 1.165) is 5.56 Å². The van der Waals surface area contributed by atoms with Crippen molar-refractivity contribution in [3.05, 3.63) is 35.9 Å². The Morgan fingerprint density at radius 3 is 2.43 bits per heavy atom. The van der Waals surface area contributed by atoms with Crippen molar-refractivity contribution in [2.24, 2.45) is 0 Å². The van der Waals surface area contributed by atoms with E-state index in [9.17, 15) is 13.2 Å². The van der Waals surface area contributed by atoms with Crippen molar-refractivity contribution in [1.29, 1.82) is 0 Å². The minimum Gasteiger partial charge on any atom is -0.466 e. The summed E-state index contributed by atoms with van der Waals surface area (Å²) in [6.07, 6.45) is 2.85. The highest BCUT2D eigenvalue weighted by Gasteiger charge is 2.25. The molecule has 1 aliphatic heterocycles. The summed E-state index contributed by atoms with van der Waals surface area (Å²) in [7, 11) is -2.18. The summed E-state index contributed by atoms with van der Waals surface area (Å²) < 4.78 is 35.8. The second kappa shape index (κ2) is 6.84. The normalized spacial score (nSPS) is 17.0. The zero-order valence-electron chi connectivity index (χ0n) is 11.7. The maximum absolute atomic E-state index is 12.4. The number of sulfonamides is 1. The van der Waals surface area contributed by atoms with Crippen LogP contribution in [0.15, 0.2) is 35.2 Å². The molecule has 1 heterocycles. The number of morpholine rings is 1. The highest BCUT2D eigenvalue weighted by atomic mass is 32.2. The van der Waals surface area contributed by atoms with E-state index in [1.807, 2.05) is 0 Å². The van der Waals surface area contributed by atoms with E-state index in [4.69, 9.17) is 4.74 Å². The Morgan fingerprint density at radius 2 is 1.86 bits per heavy atom. The average molecular weight is 311 g/mol. The molecule has 0 radical (unpaired) electrons. The Balaban J connectivity index is 2.14. The van der Waals surface area contributed by atoms with Crippen LogP contribution in [-0.4, -0.2) is 52.1 Å². The first kappa shape index (κ1) is 15.7. The fourth-order valence-electron chi connectivity index (χ4n) is 1.92. The number of hydrogen-bond acceptors (Lipinski definition) is 5. The van der Waals surface area contributed by atoms with Crippen LogP contribution in [0, 0.1) is 0 Å². The van der Waals surface area contributed by atoms with E-state index >= 15 is 0 Å². The van der Waals surface area contributed by atoms with Crippen molar-refractivity contribution < 1.29 is 22.7 Å². The lowest BCUT2D eigenvalue weighted by Crippen LogP contribution is -2.40. The predicted octanol–water partition coefficient (Wildman–Crippen LogP) is 0.894. The van der Waals surface area contributed by atoms with Crippen LogP contribution in [0.5, 0.6) is 0 Å². The molecule has 0 aromatic heterocycles. The Labute approximate surface area is 124 Å². The standard InChI is InChI=1S/C14H17NO5S/c1-19-14(16)7-4-12-2-5-13(6-3-12)21(17,18)15-8-10-20-11-9-15/h2-7H,8-11H2,1H3. The second-order valence-corrected chi connectivity index (χ2v) is 6.38. The van der Waals surface area contributed by atoms with E-state index in [2.05, 4.69) is 4.74 Å². The molecule has 0 bridgehead atoms. The molecule has 114 valence electrons. The molecule has 0 unspecified atom stereocenters. The second-order valence-electron chi connectivity index (χ2n) is 4.44. The molecule has 0 spiro atoms. The Morgan fingerprint density at radius 1 is 1.24 bits per heavy atom. The van der Waals surface area contributed by atoms with Crippen molar-refractivity contribution in [3.8, 4) is 0 Å². The van der Waals surface area contributed by atoms with E-state index < -0.39 is 16.0 Å². The number of hydrogen-bond donors (Lipinski definition) is 0. The van der Waals surface area contributed by atoms with Crippen molar-refractivity contribution in [2.45, 2.75) is 4.90 Å². The molecule has 0 aliphatic carbocycles. The summed E-state index contributed by atoms with van der Waals surface area (Å²) in [6, 6.07) is 6.35. The molecular formula is C14H17NO5S. The highest BCUT2D eigenvalue weighted by Crippen LogP contribution is 2.18. The summed E-state index contributed by atoms with van der Waals surface area (Å²) in [5.74, 6) is -0.458. The lowest BCUT2D eigenvalue weighted by atomic mass is 10.2. The van der Waals surface area contributed by atoms with E-state index in [1.54, 1.807) is 18.2 Å². The molecule has 1 aromatic rings. The number of carbonyl (C=O) groups is 1. The van der Waals surface area contributed by atoms with Crippen molar-refractivity contribution >= 4 is 22.1 Å². The first-order chi connectivity index (χ1) is 10.0. The quantitative estimate of drug-likeness (QED) is 0.610. The van der Waals surface area contributed by atoms with Crippen LogP contribution in [-0.2, 0) is 24.3 Å². The van der Waals surface area contributed by atoms with Crippen LogP contribution < -0.4 is 0 Å². The maximum atomic E-state index is 12.4. The summed E-state index contributed by atoms with van der Waals surface area (Å²) >= 11 is 0. The average Bonchev–Trinajstić information content (AvgIpc) is 2.53. The zero-order valence-corrected chi connectivity index (χ0v) is 12.5. The predicted molar refractivity (Wildman–Crippen MR) is 77.1 cm³/mol. The van der Waals surface area contributed by atoms with Crippen molar-refractivity contribution in [2.75, 3.05) is 33.4 Å². The lowest BCUT2D eigenvalue weighted by Gasteiger charge is -2.26. The molecule has 7 heteroatoms. The van der Waals surface area contributed by atoms with Crippen LogP contribution in [0.2, 0.25) is 0 Å². The fourth-order valence-corrected chi connectivity index (χ4v) is 3.33. The van der Waals surface area contributed by atoms with Gasteiger partial charge in [-0.25, -0.2) is 13.2 Å². The molecule has 1 fully saturated rings. The van der Waals surface area contributed by atoms with E-state index in [1.165, 1.54) is 29.6 Å². The van der Waals surface area contributed by atoms with Crippen LogP contribution in [0.3, 0.4) is 0 Å². The number of carbonyl (C=O) groups excluding carboxylic acids is 1. The Hall–Kier alpha value is -1.70. The molecule has 1 aromatic carbocycles. The van der Waals surface area contributed by atoms with Gasteiger partial charge in [-0.3, -0.25) is 0 Å². The van der Waals surface area contributed by atoms with Crippen LogP contribution >= 0.6 is 0 Å². The minimum absolute atomic E-state index is 0.236. The van der Waals surface area contributed by atoms with E-state index in [-0.39, 0.29) is 4.90 Å². The number of methoxy groups -OCH3 is 1. The topological polar surface area (TPSA) is 72.9 Å². The molecule has 1 aliphatic rings. The van der Waals surface area contributed by atoms with Crippen LogP contribution in [0.25, 0.3) is 6.08 Å². The smallest absolute Gasteiger partial charge is 0.330 e. The summed E-state index contributed by atoms with van der Waals surface area (Å²) in [4.78, 5) is 11.2. The first-order valence-electron chi connectivity index (χ1n) is 6.48. The highest BCUT2D eigenvalue weighted by molar-refractivity contribution is 7.89. The maximum Gasteiger partial charge on any atom is 0.330 e. The van der Waals surface area contributed by atoms with Gasteiger partial charge < -0.3 is 9.47 Å². The van der Waals surface area contributed by atoms with Gasteiger partial charge in [0.15, 0.2) is 0 Å². The first-order valence-corrected chi connectivity index (χ1v) is 7.92. The number of esters is 1. The zero-order chi connectivity index (χ0) is 15.3. The third-order valence-electron chi connectivity index (χ3n) is 3.10. The molecular weight excluding hydrogens is 294 g/mol. The van der Waals surface area contributed by atoms with Gasteiger partial charge in [0, 0.05) is 19.2 Å². The number of benzene rings is 1. The van der Waals surface area contributed by atoms with Gasteiger partial charge >= 0.3 is 5.97 Å². The summed E-state index contributed by atoms with van der Waals surface area (Å²) in [6.45, 7) is 1.57. The number of rotatable bonds is 4. The van der Waals surface area contributed by atoms with Gasteiger partial charge in [0.1, 0.15) is 0 Å². The third kappa shape index (κ3) is 3.90. The minimum atomic E-state index is -3.48. The molecule has 6 nitrogen and oxygen atoms in total. The van der Waals surface area contributed by atoms with Gasteiger partial charge in [0.05, 0.1) is 25.2 Å². The monoisotopic (exact) mass is 311 g/mol. The molecule has 21 heavy (non-hydrogen) atoms. The van der Waals surface area contributed by atoms with Crippen molar-refractivity contribution in [3.63, 3.8) is 0 Å². The van der Waals surface area contributed by atoms with Gasteiger partial charge in [-0.05, 0) is 23.8 Å². The van der Waals surface area contributed by atoms with Gasteiger partial charge in [-0.2, -0.15) is 4.31 Å². The molecule has 1 saturated heterocycles. The number of nitrogens with zero attached hydrogens (tertiary/aromatic N) is 1. The molecule has 0 amide bonds. The lowest BCUT2D eigenvalue weighted by molar-refractivity contribution is -0.134. The van der Waals surface area contributed by atoms with Gasteiger partial charge in [-0.1, -0.05) is 12.1 Å². The molecule has 0 saturated carbocycles. The molecule has 0 N–H and O–H groups in total. The molecule has 2 rings (SSSR count). The Kier molecular flexibility index (Phi) is 5.11. The van der Waals surface area contributed by atoms with Gasteiger partial charge in [-0.15, -0.1) is 0 Å². The molecule has 0 atom stereocenters. The van der Waals surface area contributed by atoms with Gasteiger partial charge in [0.25, 0.3) is 0 Å². The van der Waals surface area contributed by atoms with Crippen LogP contribution in [0.4, 0.5) is 0 Å². The summed E-state index contributed by atoms with van der Waals surface area (Å²) in [5, 5.41) is 0. The fraction of sp³-hybridized carbons (Fsp3) is 0.357. The SMILES string of the molecule is COC(=O)C=Cc1ccc(S(=O)(=O)N2CCOCC2)cc1. The number of ether oxygens (including phenoxy) is 2. The van der Waals surface area contributed by atoms with Crippen LogP contribution in [0.1, 0.15) is 5.56 Å².